The summed E-state index contributed by atoms with van der Waals surface area (Å²) < 4.78 is 5.46. The highest BCUT2D eigenvalue weighted by Gasteiger charge is 2.16. The van der Waals surface area contributed by atoms with Gasteiger partial charge in [-0.25, -0.2) is 9.97 Å². The molecule has 16 heavy (non-hydrogen) atoms. The van der Waals surface area contributed by atoms with Gasteiger partial charge < -0.3 is 9.64 Å². The Labute approximate surface area is 101 Å². The molecule has 0 bridgehead atoms. The van der Waals surface area contributed by atoms with E-state index in [0.717, 1.165) is 32.0 Å². The van der Waals surface area contributed by atoms with E-state index in [-0.39, 0.29) is 0 Å². The smallest absolute Gasteiger partial charge is 0.224 e. The van der Waals surface area contributed by atoms with Crippen LogP contribution in [-0.4, -0.2) is 36.8 Å². The maximum absolute atomic E-state index is 5.76. The van der Waals surface area contributed by atoms with Gasteiger partial charge in [0.2, 0.25) is 5.28 Å². The molecule has 4 nitrogen and oxygen atoms in total. The highest BCUT2D eigenvalue weighted by atomic mass is 35.5. The Morgan fingerprint density at radius 3 is 3.19 bits per heavy atom. The fourth-order valence-corrected chi connectivity index (χ4v) is 2.11. The van der Waals surface area contributed by atoms with Crippen LogP contribution in [-0.2, 0) is 4.74 Å². The SMILES string of the molecule is CN(CC1CCCOC1)c1ccnc(Cl)n1. The van der Waals surface area contributed by atoms with E-state index < -0.39 is 0 Å². The van der Waals surface area contributed by atoms with Crippen molar-refractivity contribution >= 4 is 17.4 Å². The first-order chi connectivity index (χ1) is 7.75. The number of ether oxygens (including phenoxy) is 1. The average Bonchev–Trinajstić information content (AvgIpc) is 2.30. The Kier molecular flexibility index (Phi) is 3.96. The molecule has 0 amide bonds. The first-order valence-electron chi connectivity index (χ1n) is 5.53. The second-order valence-corrected chi connectivity index (χ2v) is 4.49. The minimum absolute atomic E-state index is 0.296. The van der Waals surface area contributed by atoms with Crippen LogP contribution in [0.5, 0.6) is 0 Å². The lowest BCUT2D eigenvalue weighted by Gasteiger charge is -2.27. The van der Waals surface area contributed by atoms with Crippen LogP contribution in [0.4, 0.5) is 5.82 Å². The van der Waals surface area contributed by atoms with Gasteiger partial charge in [-0.1, -0.05) is 0 Å². The predicted octanol–water partition coefficient (Wildman–Crippen LogP) is 1.99. The molecule has 0 spiro atoms. The van der Waals surface area contributed by atoms with E-state index in [0.29, 0.717) is 11.2 Å². The van der Waals surface area contributed by atoms with Crippen LogP contribution in [0.3, 0.4) is 0 Å². The van der Waals surface area contributed by atoms with E-state index in [1.807, 2.05) is 13.1 Å². The highest BCUT2D eigenvalue weighted by molar-refractivity contribution is 6.28. The number of anilines is 1. The van der Waals surface area contributed by atoms with Gasteiger partial charge in [0, 0.05) is 26.4 Å². The van der Waals surface area contributed by atoms with Gasteiger partial charge in [-0.2, -0.15) is 0 Å². The number of rotatable bonds is 3. The molecule has 0 aromatic carbocycles. The number of hydrogen-bond acceptors (Lipinski definition) is 4. The normalized spacial score (nSPS) is 20.8. The van der Waals surface area contributed by atoms with Crippen molar-refractivity contribution in [2.24, 2.45) is 5.92 Å². The Bertz CT molecular complexity index is 342. The van der Waals surface area contributed by atoms with Gasteiger partial charge in [-0.15, -0.1) is 0 Å². The lowest BCUT2D eigenvalue weighted by molar-refractivity contribution is 0.0576. The zero-order valence-corrected chi connectivity index (χ0v) is 10.2. The van der Waals surface area contributed by atoms with Crippen molar-refractivity contribution in [3.63, 3.8) is 0 Å². The van der Waals surface area contributed by atoms with Gasteiger partial charge in [0.1, 0.15) is 5.82 Å². The molecule has 1 aromatic heterocycles. The van der Waals surface area contributed by atoms with Crippen LogP contribution >= 0.6 is 11.6 Å². The Balaban J connectivity index is 1.94. The third-order valence-corrected chi connectivity index (χ3v) is 2.97. The van der Waals surface area contributed by atoms with Crippen LogP contribution in [0, 0.1) is 5.92 Å². The minimum atomic E-state index is 0.296. The van der Waals surface area contributed by atoms with E-state index in [4.69, 9.17) is 16.3 Å². The molecule has 1 aliphatic heterocycles. The lowest BCUT2D eigenvalue weighted by Crippen LogP contribution is -2.31. The Morgan fingerprint density at radius 2 is 2.50 bits per heavy atom. The molecular formula is C11H16ClN3O. The van der Waals surface area contributed by atoms with Crippen LogP contribution in [0.15, 0.2) is 12.3 Å². The molecule has 0 N–H and O–H groups in total. The van der Waals surface area contributed by atoms with E-state index in [9.17, 15) is 0 Å². The molecular weight excluding hydrogens is 226 g/mol. The number of halogens is 1. The van der Waals surface area contributed by atoms with Crippen LogP contribution < -0.4 is 4.90 Å². The van der Waals surface area contributed by atoms with Crippen molar-refractivity contribution in [1.29, 1.82) is 0 Å². The maximum Gasteiger partial charge on any atom is 0.224 e. The summed E-state index contributed by atoms with van der Waals surface area (Å²) in [4.78, 5) is 10.2. The summed E-state index contributed by atoms with van der Waals surface area (Å²) in [6, 6.07) is 1.87. The minimum Gasteiger partial charge on any atom is -0.381 e. The summed E-state index contributed by atoms with van der Waals surface area (Å²) in [6.07, 6.45) is 4.06. The summed E-state index contributed by atoms with van der Waals surface area (Å²) in [5, 5.41) is 0.296. The summed E-state index contributed by atoms with van der Waals surface area (Å²) >= 11 is 5.76. The summed E-state index contributed by atoms with van der Waals surface area (Å²) in [6.45, 7) is 2.70. The summed E-state index contributed by atoms with van der Waals surface area (Å²) in [5.41, 5.74) is 0. The van der Waals surface area contributed by atoms with E-state index in [1.165, 1.54) is 6.42 Å². The van der Waals surface area contributed by atoms with Crippen molar-refractivity contribution in [2.45, 2.75) is 12.8 Å². The van der Waals surface area contributed by atoms with Gasteiger partial charge >= 0.3 is 0 Å². The lowest BCUT2D eigenvalue weighted by atomic mass is 10.0. The summed E-state index contributed by atoms with van der Waals surface area (Å²) in [5.74, 6) is 1.46. The molecule has 5 heteroatoms. The molecule has 2 rings (SSSR count). The van der Waals surface area contributed by atoms with Gasteiger partial charge in [-0.05, 0) is 36.4 Å². The van der Waals surface area contributed by atoms with Crippen molar-refractivity contribution in [3.8, 4) is 0 Å². The van der Waals surface area contributed by atoms with Gasteiger partial charge in [-0.3, -0.25) is 0 Å². The fraction of sp³-hybridized carbons (Fsp3) is 0.636. The molecule has 1 fully saturated rings. The Morgan fingerprint density at radius 1 is 1.62 bits per heavy atom. The van der Waals surface area contributed by atoms with Gasteiger partial charge in [0.15, 0.2) is 0 Å². The molecule has 0 saturated carbocycles. The van der Waals surface area contributed by atoms with Crippen molar-refractivity contribution in [3.05, 3.63) is 17.5 Å². The Hall–Kier alpha value is -0.870. The monoisotopic (exact) mass is 241 g/mol. The molecule has 1 aromatic rings. The zero-order valence-electron chi connectivity index (χ0n) is 9.40. The number of nitrogens with zero attached hydrogens (tertiary/aromatic N) is 3. The van der Waals surface area contributed by atoms with E-state index >= 15 is 0 Å². The maximum atomic E-state index is 5.76. The van der Waals surface area contributed by atoms with Crippen LogP contribution in [0.2, 0.25) is 5.28 Å². The molecule has 88 valence electrons. The molecule has 1 saturated heterocycles. The predicted molar refractivity (Wildman–Crippen MR) is 63.9 cm³/mol. The first-order valence-corrected chi connectivity index (χ1v) is 5.91. The number of aromatic nitrogens is 2. The fourth-order valence-electron chi connectivity index (χ4n) is 1.97. The topological polar surface area (TPSA) is 38.2 Å². The third-order valence-electron chi connectivity index (χ3n) is 2.79. The third kappa shape index (κ3) is 3.06. The van der Waals surface area contributed by atoms with Crippen molar-refractivity contribution in [2.75, 3.05) is 31.7 Å². The molecule has 2 heterocycles. The van der Waals surface area contributed by atoms with Crippen LogP contribution in [0.25, 0.3) is 0 Å². The average molecular weight is 242 g/mol. The molecule has 0 radical (unpaired) electrons. The number of hydrogen-bond donors (Lipinski definition) is 0. The highest BCUT2D eigenvalue weighted by Crippen LogP contribution is 2.18. The quantitative estimate of drug-likeness (QED) is 0.759. The molecule has 1 aliphatic rings. The second-order valence-electron chi connectivity index (χ2n) is 4.15. The second kappa shape index (κ2) is 5.46. The van der Waals surface area contributed by atoms with Crippen molar-refractivity contribution in [1.82, 2.24) is 9.97 Å². The standard InChI is InChI=1S/C11H16ClN3O/c1-15(7-9-3-2-6-16-8-9)10-4-5-13-11(12)14-10/h4-5,9H,2-3,6-8H2,1H3. The van der Waals surface area contributed by atoms with Gasteiger partial charge in [0.25, 0.3) is 0 Å². The zero-order chi connectivity index (χ0) is 11.4. The molecule has 1 atom stereocenters. The molecule has 1 unspecified atom stereocenters. The summed E-state index contributed by atoms with van der Waals surface area (Å²) in [7, 11) is 2.02. The molecule has 0 aliphatic carbocycles. The van der Waals surface area contributed by atoms with E-state index in [1.54, 1.807) is 6.20 Å². The van der Waals surface area contributed by atoms with Crippen molar-refractivity contribution < 1.29 is 4.74 Å². The first kappa shape index (κ1) is 11.6. The largest absolute Gasteiger partial charge is 0.381 e. The van der Waals surface area contributed by atoms with Gasteiger partial charge in [0.05, 0.1) is 6.61 Å². The van der Waals surface area contributed by atoms with E-state index in [2.05, 4.69) is 14.9 Å². The van der Waals surface area contributed by atoms with Crippen LogP contribution in [0.1, 0.15) is 12.8 Å².